The number of ether oxygens (including phenoxy) is 1. The highest BCUT2D eigenvalue weighted by atomic mass is 79.9. The van der Waals surface area contributed by atoms with Gasteiger partial charge in [0.15, 0.2) is 0 Å². The first-order valence-corrected chi connectivity index (χ1v) is 7.58. The Morgan fingerprint density at radius 2 is 2.21 bits per heavy atom. The van der Waals surface area contributed by atoms with Gasteiger partial charge >= 0.3 is 0 Å². The van der Waals surface area contributed by atoms with E-state index in [4.69, 9.17) is 4.74 Å². The SMILES string of the molecule is O=C(C1CCC1)N1CCC(Oc2ccc(Br)cn2)C1. The lowest BCUT2D eigenvalue weighted by molar-refractivity contribution is -0.137. The molecular formula is C14H17BrN2O2. The first-order chi connectivity index (χ1) is 9.22. The summed E-state index contributed by atoms with van der Waals surface area (Å²) in [6.07, 6.45) is 6.03. The van der Waals surface area contributed by atoms with Crippen molar-refractivity contribution in [2.24, 2.45) is 5.92 Å². The van der Waals surface area contributed by atoms with Gasteiger partial charge in [-0.1, -0.05) is 6.42 Å². The van der Waals surface area contributed by atoms with Crippen LogP contribution in [0.15, 0.2) is 22.8 Å². The zero-order chi connectivity index (χ0) is 13.2. The molecule has 4 nitrogen and oxygen atoms in total. The second-order valence-corrected chi connectivity index (χ2v) is 6.17. The van der Waals surface area contributed by atoms with Crippen LogP contribution in [-0.4, -0.2) is 35.0 Å². The van der Waals surface area contributed by atoms with Crippen molar-refractivity contribution in [3.05, 3.63) is 22.8 Å². The highest BCUT2D eigenvalue weighted by Crippen LogP contribution is 2.30. The number of carbonyl (C=O) groups excluding carboxylic acids is 1. The number of hydrogen-bond donors (Lipinski definition) is 0. The second-order valence-electron chi connectivity index (χ2n) is 5.26. The van der Waals surface area contributed by atoms with Crippen LogP contribution < -0.4 is 4.74 Å². The molecule has 0 radical (unpaired) electrons. The van der Waals surface area contributed by atoms with Crippen LogP contribution in [0.2, 0.25) is 0 Å². The maximum atomic E-state index is 12.1. The average molecular weight is 325 g/mol. The smallest absolute Gasteiger partial charge is 0.225 e. The molecule has 1 aliphatic carbocycles. The highest BCUT2D eigenvalue weighted by molar-refractivity contribution is 9.10. The average Bonchev–Trinajstić information content (AvgIpc) is 2.78. The van der Waals surface area contributed by atoms with Crippen LogP contribution in [0.3, 0.4) is 0 Å². The lowest BCUT2D eigenvalue weighted by atomic mass is 9.84. The monoisotopic (exact) mass is 324 g/mol. The van der Waals surface area contributed by atoms with Gasteiger partial charge in [-0.3, -0.25) is 4.79 Å². The van der Waals surface area contributed by atoms with E-state index in [1.807, 2.05) is 17.0 Å². The molecule has 0 aromatic carbocycles. The number of nitrogens with zero attached hydrogens (tertiary/aromatic N) is 2. The fraction of sp³-hybridized carbons (Fsp3) is 0.571. The second kappa shape index (κ2) is 5.49. The van der Waals surface area contributed by atoms with E-state index >= 15 is 0 Å². The van der Waals surface area contributed by atoms with E-state index < -0.39 is 0 Å². The number of amides is 1. The molecule has 1 unspecified atom stereocenters. The number of aromatic nitrogens is 1. The van der Waals surface area contributed by atoms with Gasteiger partial charge in [0.1, 0.15) is 6.10 Å². The van der Waals surface area contributed by atoms with E-state index in [9.17, 15) is 4.79 Å². The molecule has 1 aromatic rings. The number of pyridine rings is 1. The minimum absolute atomic E-state index is 0.0812. The summed E-state index contributed by atoms with van der Waals surface area (Å²) in [4.78, 5) is 18.3. The molecule has 1 amide bonds. The van der Waals surface area contributed by atoms with Gasteiger partial charge in [0.2, 0.25) is 11.8 Å². The van der Waals surface area contributed by atoms with E-state index in [0.717, 1.165) is 30.3 Å². The Kier molecular flexibility index (Phi) is 3.73. The number of carbonyl (C=O) groups is 1. The summed E-state index contributed by atoms with van der Waals surface area (Å²) in [5, 5.41) is 0. The maximum absolute atomic E-state index is 12.1. The molecule has 1 atom stereocenters. The third kappa shape index (κ3) is 2.91. The molecule has 2 fully saturated rings. The number of hydrogen-bond acceptors (Lipinski definition) is 3. The summed E-state index contributed by atoms with van der Waals surface area (Å²) in [5.41, 5.74) is 0. The highest BCUT2D eigenvalue weighted by Gasteiger charge is 2.34. The molecule has 5 heteroatoms. The van der Waals surface area contributed by atoms with Crippen molar-refractivity contribution in [3.8, 4) is 5.88 Å². The van der Waals surface area contributed by atoms with Gasteiger partial charge in [-0.25, -0.2) is 4.98 Å². The first kappa shape index (κ1) is 12.9. The summed E-state index contributed by atoms with van der Waals surface area (Å²) < 4.78 is 6.75. The van der Waals surface area contributed by atoms with Crippen molar-refractivity contribution in [1.29, 1.82) is 0 Å². The van der Waals surface area contributed by atoms with Gasteiger partial charge in [-0.15, -0.1) is 0 Å². The van der Waals surface area contributed by atoms with E-state index in [-0.39, 0.29) is 12.0 Å². The molecule has 1 aromatic heterocycles. The Bertz CT molecular complexity index is 459. The number of likely N-dealkylation sites (tertiary alicyclic amines) is 1. The van der Waals surface area contributed by atoms with Crippen molar-refractivity contribution < 1.29 is 9.53 Å². The molecule has 2 aliphatic rings. The van der Waals surface area contributed by atoms with Gasteiger partial charge in [0, 0.05) is 35.6 Å². The van der Waals surface area contributed by atoms with Crippen LogP contribution in [-0.2, 0) is 4.79 Å². The molecule has 1 saturated carbocycles. The van der Waals surface area contributed by atoms with Crippen LogP contribution in [0.1, 0.15) is 25.7 Å². The first-order valence-electron chi connectivity index (χ1n) is 6.79. The molecular weight excluding hydrogens is 308 g/mol. The van der Waals surface area contributed by atoms with Crippen molar-refractivity contribution in [2.75, 3.05) is 13.1 Å². The molecule has 2 heterocycles. The predicted molar refractivity (Wildman–Crippen MR) is 74.9 cm³/mol. The van der Waals surface area contributed by atoms with Crippen LogP contribution in [0.25, 0.3) is 0 Å². The summed E-state index contributed by atoms with van der Waals surface area (Å²) in [7, 11) is 0. The molecule has 0 N–H and O–H groups in total. The minimum Gasteiger partial charge on any atom is -0.472 e. The third-order valence-corrected chi connectivity index (χ3v) is 4.37. The molecule has 0 spiro atoms. The van der Waals surface area contributed by atoms with Crippen LogP contribution in [0, 0.1) is 5.92 Å². The van der Waals surface area contributed by atoms with Crippen LogP contribution in [0.5, 0.6) is 5.88 Å². The lowest BCUT2D eigenvalue weighted by Crippen LogP contribution is -2.38. The normalized spacial score (nSPS) is 23.2. The molecule has 1 aliphatic heterocycles. The fourth-order valence-corrected chi connectivity index (χ4v) is 2.78. The van der Waals surface area contributed by atoms with Crippen molar-refractivity contribution >= 4 is 21.8 Å². The lowest BCUT2D eigenvalue weighted by Gasteiger charge is -2.29. The Balaban J connectivity index is 1.54. The van der Waals surface area contributed by atoms with Gasteiger partial charge in [0.25, 0.3) is 0 Å². The Labute approximate surface area is 121 Å². The van der Waals surface area contributed by atoms with Crippen molar-refractivity contribution in [2.45, 2.75) is 31.8 Å². The predicted octanol–water partition coefficient (Wildman–Crippen LogP) is 2.62. The Hall–Kier alpha value is -1.10. The molecule has 0 bridgehead atoms. The van der Waals surface area contributed by atoms with Gasteiger partial charge in [-0.2, -0.15) is 0 Å². The van der Waals surface area contributed by atoms with Gasteiger partial charge in [-0.05, 0) is 34.8 Å². The topological polar surface area (TPSA) is 42.4 Å². The number of halogens is 1. The van der Waals surface area contributed by atoms with Crippen LogP contribution >= 0.6 is 15.9 Å². The van der Waals surface area contributed by atoms with E-state index in [1.54, 1.807) is 6.20 Å². The van der Waals surface area contributed by atoms with Crippen LogP contribution in [0.4, 0.5) is 0 Å². The Morgan fingerprint density at radius 1 is 1.37 bits per heavy atom. The van der Waals surface area contributed by atoms with E-state index in [2.05, 4.69) is 20.9 Å². The molecule has 3 rings (SSSR count). The maximum Gasteiger partial charge on any atom is 0.225 e. The standard InChI is InChI=1S/C14H17BrN2O2/c15-11-4-5-13(16-8-11)19-12-6-7-17(9-12)14(18)10-2-1-3-10/h4-5,8,10,12H,1-3,6-7,9H2. The summed E-state index contributed by atoms with van der Waals surface area (Å²) in [6, 6.07) is 3.76. The zero-order valence-corrected chi connectivity index (χ0v) is 12.3. The fourth-order valence-electron chi connectivity index (χ4n) is 2.54. The van der Waals surface area contributed by atoms with Crippen molar-refractivity contribution in [1.82, 2.24) is 9.88 Å². The minimum atomic E-state index is 0.0812. The van der Waals surface area contributed by atoms with Gasteiger partial charge in [0.05, 0.1) is 6.54 Å². The van der Waals surface area contributed by atoms with Crippen molar-refractivity contribution in [3.63, 3.8) is 0 Å². The van der Waals surface area contributed by atoms with E-state index in [0.29, 0.717) is 18.3 Å². The molecule has 1 saturated heterocycles. The van der Waals surface area contributed by atoms with E-state index in [1.165, 1.54) is 6.42 Å². The summed E-state index contributed by atoms with van der Waals surface area (Å²) >= 11 is 3.35. The Morgan fingerprint density at radius 3 is 2.84 bits per heavy atom. The summed E-state index contributed by atoms with van der Waals surface area (Å²) in [6.45, 7) is 1.52. The number of rotatable bonds is 3. The molecule has 102 valence electrons. The van der Waals surface area contributed by atoms with Gasteiger partial charge < -0.3 is 9.64 Å². The largest absolute Gasteiger partial charge is 0.472 e. The molecule has 19 heavy (non-hydrogen) atoms. The summed E-state index contributed by atoms with van der Waals surface area (Å²) in [5.74, 6) is 1.23. The quantitative estimate of drug-likeness (QED) is 0.858. The third-order valence-electron chi connectivity index (χ3n) is 3.90. The zero-order valence-electron chi connectivity index (χ0n) is 10.7.